The molecule has 442 valence electrons. The number of allylic oxidation sites excluding steroid dienone is 22. The number of esters is 3. The average molecular weight is 1080 g/mol. The summed E-state index contributed by atoms with van der Waals surface area (Å²) in [5.41, 5.74) is 0. The van der Waals surface area contributed by atoms with E-state index in [4.69, 9.17) is 14.2 Å². The summed E-state index contributed by atoms with van der Waals surface area (Å²) in [4.78, 5) is 38.1. The Hall–Kier alpha value is -4.45. The van der Waals surface area contributed by atoms with Gasteiger partial charge in [-0.25, -0.2) is 0 Å². The van der Waals surface area contributed by atoms with Gasteiger partial charge in [-0.2, -0.15) is 0 Å². The lowest BCUT2D eigenvalue weighted by molar-refractivity contribution is -0.167. The Labute approximate surface area is 481 Å². The van der Waals surface area contributed by atoms with E-state index in [1.165, 1.54) is 83.5 Å². The highest BCUT2D eigenvalue weighted by atomic mass is 16.6. The summed E-state index contributed by atoms with van der Waals surface area (Å²) in [6.07, 6.45) is 91.9. The lowest BCUT2D eigenvalue weighted by atomic mass is 10.0. The fourth-order valence-corrected chi connectivity index (χ4v) is 8.62. The number of rotatable bonds is 57. The van der Waals surface area contributed by atoms with Gasteiger partial charge in [-0.05, 0) is 128 Å². The Morgan fingerprint density at radius 2 is 0.500 bits per heavy atom. The molecule has 78 heavy (non-hydrogen) atoms. The van der Waals surface area contributed by atoms with E-state index in [9.17, 15) is 14.4 Å². The molecule has 0 aliphatic rings. The van der Waals surface area contributed by atoms with Gasteiger partial charge in [0.1, 0.15) is 13.2 Å². The van der Waals surface area contributed by atoms with Crippen LogP contribution in [-0.2, 0) is 28.6 Å². The molecule has 0 radical (unpaired) electrons. The molecule has 0 aliphatic carbocycles. The number of carbonyl (C=O) groups is 3. The molecule has 0 saturated heterocycles. The molecule has 0 aromatic carbocycles. The molecule has 6 nitrogen and oxygen atoms in total. The number of carbonyl (C=O) groups excluding carboxylic acids is 3. The fraction of sp³-hybridized carbons (Fsp3) is 0.653. The van der Waals surface area contributed by atoms with Crippen molar-refractivity contribution in [3.8, 4) is 0 Å². The molecule has 0 spiro atoms. The quantitative estimate of drug-likeness (QED) is 0.0261. The molecule has 0 fully saturated rings. The first kappa shape index (κ1) is 73.5. The Kier molecular flexibility index (Phi) is 61.4. The molecule has 1 atom stereocenters. The van der Waals surface area contributed by atoms with E-state index in [1.807, 2.05) is 0 Å². The van der Waals surface area contributed by atoms with Crippen LogP contribution in [0.4, 0.5) is 0 Å². The van der Waals surface area contributed by atoms with Gasteiger partial charge in [0.15, 0.2) is 6.10 Å². The molecule has 6 heteroatoms. The predicted molar refractivity (Wildman–Crippen MR) is 339 cm³/mol. The second-order valence-electron chi connectivity index (χ2n) is 20.9. The highest BCUT2D eigenvalue weighted by molar-refractivity contribution is 5.71. The zero-order chi connectivity index (χ0) is 56.4. The van der Waals surface area contributed by atoms with Gasteiger partial charge in [0.05, 0.1) is 0 Å². The van der Waals surface area contributed by atoms with Crippen LogP contribution in [0.1, 0.15) is 284 Å². The standard InChI is InChI=1S/C72H118O6/c1-4-7-10-13-16-19-22-24-26-27-28-29-30-31-32-33-34-35-36-37-38-39-40-41-42-43-44-45-47-48-50-53-56-59-62-65-71(74)77-68-69(67-76-70(73)64-61-58-55-52-21-18-15-12-9-6-3)78-72(75)66-63-60-57-54-51-49-46-25-23-20-17-14-11-8-5-2/h7-8,10-12,15-17,19-20,24-26,28-29,31-32,34-35,37-38,46,69H,4-6,9,13-14,18,21-23,27,30,33,36,39-45,47-68H2,1-3H3/b10-7-,11-8-,15-12-,19-16-,20-17-,26-24-,29-28-,32-31-,35-34-,38-37-,46-25-. The molecular weight excluding hydrogens is 961 g/mol. The SMILES string of the molecule is CC/C=C\C/C=C\C/C=C\C/C=C\C/C=C\C/C=C\C/C=C\CCCCCCCCCCCCCCCC(=O)OCC(COC(=O)CCCCCCC/C=C\CCC)OC(=O)CCCCCCC/C=C\C/C=C\C/C=C\CC. The van der Waals surface area contributed by atoms with Crippen molar-refractivity contribution < 1.29 is 28.6 Å². The molecule has 0 bridgehead atoms. The van der Waals surface area contributed by atoms with Crippen LogP contribution in [-0.4, -0.2) is 37.2 Å². The smallest absolute Gasteiger partial charge is 0.306 e. The second kappa shape index (κ2) is 65.1. The van der Waals surface area contributed by atoms with Crippen LogP contribution in [0.5, 0.6) is 0 Å². The summed E-state index contributed by atoms with van der Waals surface area (Å²) >= 11 is 0. The van der Waals surface area contributed by atoms with Crippen LogP contribution in [0.25, 0.3) is 0 Å². The Balaban J connectivity index is 4.14. The van der Waals surface area contributed by atoms with Gasteiger partial charge in [0, 0.05) is 19.3 Å². The minimum absolute atomic E-state index is 0.0899. The van der Waals surface area contributed by atoms with Gasteiger partial charge in [0.25, 0.3) is 0 Å². The first-order chi connectivity index (χ1) is 38.5. The van der Waals surface area contributed by atoms with Gasteiger partial charge in [-0.1, -0.05) is 270 Å². The number of unbranched alkanes of at least 4 members (excludes halogenated alkanes) is 24. The van der Waals surface area contributed by atoms with E-state index in [1.54, 1.807) is 0 Å². The van der Waals surface area contributed by atoms with E-state index < -0.39 is 6.10 Å². The first-order valence-corrected chi connectivity index (χ1v) is 32.2. The molecule has 0 N–H and O–H groups in total. The topological polar surface area (TPSA) is 78.9 Å². The van der Waals surface area contributed by atoms with Crippen molar-refractivity contribution in [1.29, 1.82) is 0 Å². The molecule has 0 heterocycles. The minimum Gasteiger partial charge on any atom is -0.462 e. The highest BCUT2D eigenvalue weighted by Gasteiger charge is 2.19. The van der Waals surface area contributed by atoms with Crippen LogP contribution in [0.2, 0.25) is 0 Å². The fourth-order valence-electron chi connectivity index (χ4n) is 8.62. The van der Waals surface area contributed by atoms with Crippen LogP contribution in [0.3, 0.4) is 0 Å². The van der Waals surface area contributed by atoms with Crippen molar-refractivity contribution in [2.45, 2.75) is 290 Å². The number of hydrogen-bond donors (Lipinski definition) is 0. The van der Waals surface area contributed by atoms with Gasteiger partial charge in [-0.3, -0.25) is 14.4 Å². The maximum atomic E-state index is 12.8. The molecule has 0 aliphatic heterocycles. The van der Waals surface area contributed by atoms with Gasteiger partial charge < -0.3 is 14.2 Å². The molecule has 0 aromatic rings. The van der Waals surface area contributed by atoms with E-state index in [2.05, 4.69) is 154 Å². The highest BCUT2D eigenvalue weighted by Crippen LogP contribution is 2.16. The van der Waals surface area contributed by atoms with Gasteiger partial charge >= 0.3 is 17.9 Å². The first-order valence-electron chi connectivity index (χ1n) is 32.2. The van der Waals surface area contributed by atoms with E-state index in [0.29, 0.717) is 19.3 Å². The largest absolute Gasteiger partial charge is 0.462 e. The third kappa shape index (κ3) is 62.4. The van der Waals surface area contributed by atoms with Crippen molar-refractivity contribution in [3.63, 3.8) is 0 Å². The maximum Gasteiger partial charge on any atom is 0.306 e. The zero-order valence-electron chi connectivity index (χ0n) is 50.6. The van der Waals surface area contributed by atoms with Crippen LogP contribution >= 0.6 is 0 Å². The van der Waals surface area contributed by atoms with Crippen molar-refractivity contribution in [3.05, 3.63) is 134 Å². The number of ether oxygens (including phenoxy) is 3. The van der Waals surface area contributed by atoms with Gasteiger partial charge in [-0.15, -0.1) is 0 Å². The lowest BCUT2D eigenvalue weighted by Gasteiger charge is -2.18. The molecule has 1 unspecified atom stereocenters. The molecule has 0 rings (SSSR count). The van der Waals surface area contributed by atoms with Crippen molar-refractivity contribution >= 4 is 17.9 Å². The van der Waals surface area contributed by atoms with Crippen molar-refractivity contribution in [2.75, 3.05) is 13.2 Å². The average Bonchev–Trinajstić information content (AvgIpc) is 3.44. The summed E-state index contributed by atoms with van der Waals surface area (Å²) in [7, 11) is 0. The monoisotopic (exact) mass is 1080 g/mol. The zero-order valence-corrected chi connectivity index (χ0v) is 50.6. The summed E-state index contributed by atoms with van der Waals surface area (Å²) in [5.74, 6) is -0.918. The van der Waals surface area contributed by atoms with Crippen molar-refractivity contribution in [1.82, 2.24) is 0 Å². The molecule has 0 amide bonds. The maximum absolute atomic E-state index is 12.8. The summed E-state index contributed by atoms with van der Waals surface area (Å²) in [6, 6.07) is 0. The Morgan fingerprint density at radius 1 is 0.269 bits per heavy atom. The normalized spacial score (nSPS) is 13.0. The summed E-state index contributed by atoms with van der Waals surface area (Å²) in [5, 5.41) is 0. The minimum atomic E-state index is -0.793. The predicted octanol–water partition coefficient (Wildman–Crippen LogP) is 22.2. The molecular formula is C72H118O6. The van der Waals surface area contributed by atoms with Crippen LogP contribution < -0.4 is 0 Å². The second-order valence-corrected chi connectivity index (χ2v) is 20.9. The molecule has 0 aromatic heterocycles. The lowest BCUT2D eigenvalue weighted by Crippen LogP contribution is -2.30. The third-order valence-corrected chi connectivity index (χ3v) is 13.4. The van der Waals surface area contributed by atoms with E-state index in [0.717, 1.165) is 161 Å². The van der Waals surface area contributed by atoms with Crippen LogP contribution in [0.15, 0.2) is 134 Å². The van der Waals surface area contributed by atoms with Crippen molar-refractivity contribution in [2.24, 2.45) is 0 Å². The van der Waals surface area contributed by atoms with Gasteiger partial charge in [0.2, 0.25) is 0 Å². The Morgan fingerprint density at radius 3 is 0.795 bits per heavy atom. The summed E-state index contributed by atoms with van der Waals surface area (Å²) in [6.45, 7) is 6.33. The summed E-state index contributed by atoms with van der Waals surface area (Å²) < 4.78 is 16.8. The van der Waals surface area contributed by atoms with Crippen LogP contribution in [0, 0.1) is 0 Å². The number of hydrogen-bond acceptors (Lipinski definition) is 6. The van der Waals surface area contributed by atoms with E-state index >= 15 is 0 Å². The Bertz CT molecular complexity index is 1670. The van der Waals surface area contributed by atoms with E-state index in [-0.39, 0.29) is 31.1 Å². The molecule has 0 saturated carbocycles. The third-order valence-electron chi connectivity index (χ3n) is 13.4.